The number of ether oxygens (including phenoxy) is 1. The van der Waals surface area contributed by atoms with Gasteiger partial charge >= 0.3 is 6.61 Å². The summed E-state index contributed by atoms with van der Waals surface area (Å²) < 4.78 is 42.9. The standard InChI is InChI=1S/C24H19F3N2O3/c25-16-8-11-18-19(13-21(30)28-20(18)12-16)23(31)29-22(14-4-2-1-3-5-14)15-6-9-17(10-7-15)32-24(26)27/h1-12,19,22,24H,13H2,(H,28,30)(H,29,31). The van der Waals surface area contributed by atoms with Gasteiger partial charge in [-0.2, -0.15) is 8.78 Å². The lowest BCUT2D eigenvalue weighted by Crippen LogP contribution is -2.37. The van der Waals surface area contributed by atoms with Crippen LogP contribution in [0.4, 0.5) is 18.9 Å². The van der Waals surface area contributed by atoms with Crippen LogP contribution >= 0.6 is 0 Å². The Kier molecular flexibility index (Phi) is 6.11. The topological polar surface area (TPSA) is 67.4 Å². The highest BCUT2D eigenvalue weighted by Gasteiger charge is 2.32. The van der Waals surface area contributed by atoms with Gasteiger partial charge in [0.2, 0.25) is 11.8 Å². The molecule has 0 spiro atoms. The molecule has 2 unspecified atom stereocenters. The van der Waals surface area contributed by atoms with Crippen molar-refractivity contribution in [3.8, 4) is 5.75 Å². The summed E-state index contributed by atoms with van der Waals surface area (Å²) in [6.07, 6.45) is -0.0762. The molecule has 1 aliphatic heterocycles. The molecule has 32 heavy (non-hydrogen) atoms. The number of amides is 2. The lowest BCUT2D eigenvalue weighted by atomic mass is 9.88. The molecular formula is C24H19F3N2O3. The highest BCUT2D eigenvalue weighted by atomic mass is 19.3. The summed E-state index contributed by atoms with van der Waals surface area (Å²) in [6.45, 7) is -2.94. The normalized spacial score (nSPS) is 16.1. The van der Waals surface area contributed by atoms with Crippen LogP contribution in [0.1, 0.15) is 35.1 Å². The van der Waals surface area contributed by atoms with Crippen LogP contribution in [0.5, 0.6) is 5.75 Å². The van der Waals surface area contributed by atoms with Crippen molar-refractivity contribution < 1.29 is 27.5 Å². The number of anilines is 1. The maximum absolute atomic E-state index is 13.6. The molecule has 2 N–H and O–H groups in total. The molecule has 0 aliphatic carbocycles. The van der Waals surface area contributed by atoms with E-state index in [4.69, 9.17) is 0 Å². The Labute approximate surface area is 182 Å². The van der Waals surface area contributed by atoms with Gasteiger partial charge < -0.3 is 15.4 Å². The quantitative estimate of drug-likeness (QED) is 0.581. The van der Waals surface area contributed by atoms with Crippen LogP contribution < -0.4 is 15.4 Å². The maximum atomic E-state index is 13.6. The van der Waals surface area contributed by atoms with E-state index < -0.39 is 30.3 Å². The molecule has 0 saturated carbocycles. The molecular weight excluding hydrogens is 421 g/mol. The summed E-state index contributed by atoms with van der Waals surface area (Å²) in [7, 11) is 0. The minimum Gasteiger partial charge on any atom is -0.435 e. The number of benzene rings is 3. The fourth-order valence-corrected chi connectivity index (χ4v) is 3.76. The fourth-order valence-electron chi connectivity index (χ4n) is 3.76. The average molecular weight is 440 g/mol. The third-order valence-electron chi connectivity index (χ3n) is 5.23. The van der Waals surface area contributed by atoms with E-state index in [0.29, 0.717) is 11.1 Å². The van der Waals surface area contributed by atoms with Crippen LogP contribution in [0, 0.1) is 5.82 Å². The van der Waals surface area contributed by atoms with Gasteiger partial charge in [-0.1, -0.05) is 48.5 Å². The van der Waals surface area contributed by atoms with E-state index >= 15 is 0 Å². The number of hydrogen-bond acceptors (Lipinski definition) is 3. The molecule has 0 radical (unpaired) electrons. The Morgan fingerprint density at radius 2 is 1.69 bits per heavy atom. The van der Waals surface area contributed by atoms with Gasteiger partial charge in [-0.25, -0.2) is 4.39 Å². The van der Waals surface area contributed by atoms with Crippen LogP contribution in [0.25, 0.3) is 0 Å². The van der Waals surface area contributed by atoms with Gasteiger partial charge in [0.15, 0.2) is 0 Å². The summed E-state index contributed by atoms with van der Waals surface area (Å²) in [5.74, 6) is -2.10. The molecule has 2 atom stereocenters. The van der Waals surface area contributed by atoms with Crippen molar-refractivity contribution in [3.63, 3.8) is 0 Å². The molecule has 3 aromatic carbocycles. The second-order valence-electron chi connectivity index (χ2n) is 7.34. The Morgan fingerprint density at radius 1 is 1.00 bits per heavy atom. The van der Waals surface area contributed by atoms with Gasteiger partial charge in [-0.05, 0) is 41.0 Å². The molecule has 164 valence electrons. The molecule has 0 aromatic heterocycles. The summed E-state index contributed by atoms with van der Waals surface area (Å²) in [5, 5.41) is 5.54. The number of halogens is 3. The maximum Gasteiger partial charge on any atom is 0.387 e. The number of nitrogens with one attached hydrogen (secondary N) is 2. The highest BCUT2D eigenvalue weighted by molar-refractivity contribution is 6.01. The zero-order valence-corrected chi connectivity index (χ0v) is 16.7. The van der Waals surface area contributed by atoms with Gasteiger partial charge in [-0.3, -0.25) is 9.59 Å². The number of carbonyl (C=O) groups excluding carboxylic acids is 2. The minimum absolute atomic E-state index is 0.00166. The summed E-state index contributed by atoms with van der Waals surface area (Å²) >= 11 is 0. The lowest BCUT2D eigenvalue weighted by Gasteiger charge is -2.28. The molecule has 0 saturated heterocycles. The van der Waals surface area contributed by atoms with Gasteiger partial charge in [0.05, 0.1) is 12.0 Å². The van der Waals surface area contributed by atoms with Crippen LogP contribution in [-0.2, 0) is 9.59 Å². The largest absolute Gasteiger partial charge is 0.435 e. The van der Waals surface area contributed by atoms with E-state index in [1.807, 2.05) is 30.3 Å². The van der Waals surface area contributed by atoms with Crippen LogP contribution in [0.3, 0.4) is 0 Å². The SMILES string of the molecule is O=C1CC(C(=O)NC(c2ccccc2)c2ccc(OC(F)F)cc2)c2ccc(F)cc2N1. The first-order valence-corrected chi connectivity index (χ1v) is 9.90. The van der Waals surface area contributed by atoms with Crippen molar-refractivity contribution in [3.05, 3.63) is 95.3 Å². The van der Waals surface area contributed by atoms with Crippen LogP contribution in [0.2, 0.25) is 0 Å². The van der Waals surface area contributed by atoms with E-state index in [2.05, 4.69) is 15.4 Å². The second kappa shape index (κ2) is 9.13. The second-order valence-corrected chi connectivity index (χ2v) is 7.34. The third kappa shape index (κ3) is 4.74. The van der Waals surface area contributed by atoms with Gasteiger partial charge in [0, 0.05) is 12.1 Å². The number of fused-ring (bicyclic) bond motifs is 1. The number of hydrogen-bond donors (Lipinski definition) is 2. The Hall–Kier alpha value is -3.81. The predicted octanol–water partition coefficient (Wildman–Crippen LogP) is 4.76. The van der Waals surface area contributed by atoms with Crippen molar-refractivity contribution in [1.82, 2.24) is 5.32 Å². The first-order chi connectivity index (χ1) is 15.4. The number of alkyl halides is 2. The van der Waals surface area contributed by atoms with Crippen molar-refractivity contribution in [2.75, 3.05) is 5.32 Å². The average Bonchev–Trinajstić information content (AvgIpc) is 2.77. The zero-order chi connectivity index (χ0) is 22.7. The molecule has 1 aliphatic rings. The van der Waals surface area contributed by atoms with Crippen molar-refractivity contribution in [2.45, 2.75) is 25.0 Å². The van der Waals surface area contributed by atoms with Crippen molar-refractivity contribution in [2.24, 2.45) is 0 Å². The molecule has 0 fully saturated rings. The monoisotopic (exact) mass is 440 g/mol. The van der Waals surface area contributed by atoms with Crippen molar-refractivity contribution >= 4 is 17.5 Å². The summed E-state index contributed by atoms with van der Waals surface area (Å²) in [6, 6.07) is 18.4. The van der Waals surface area contributed by atoms with E-state index in [9.17, 15) is 22.8 Å². The Balaban J connectivity index is 1.64. The molecule has 1 heterocycles. The Morgan fingerprint density at radius 3 is 2.38 bits per heavy atom. The number of carbonyl (C=O) groups is 2. The first-order valence-electron chi connectivity index (χ1n) is 9.90. The highest BCUT2D eigenvalue weighted by Crippen LogP contribution is 2.34. The van der Waals surface area contributed by atoms with Crippen molar-refractivity contribution in [1.29, 1.82) is 0 Å². The summed E-state index contributed by atoms with van der Waals surface area (Å²) in [4.78, 5) is 25.4. The lowest BCUT2D eigenvalue weighted by molar-refractivity contribution is -0.126. The van der Waals surface area contributed by atoms with Gasteiger partial charge in [0.1, 0.15) is 11.6 Å². The van der Waals surface area contributed by atoms with Gasteiger partial charge in [-0.15, -0.1) is 0 Å². The number of rotatable bonds is 6. The van der Waals surface area contributed by atoms with E-state index in [0.717, 1.165) is 5.56 Å². The van der Waals surface area contributed by atoms with Crippen LogP contribution in [0.15, 0.2) is 72.8 Å². The van der Waals surface area contributed by atoms with Gasteiger partial charge in [0.25, 0.3) is 0 Å². The smallest absolute Gasteiger partial charge is 0.387 e. The van der Waals surface area contributed by atoms with E-state index in [1.165, 1.54) is 30.3 Å². The van der Waals surface area contributed by atoms with E-state index in [1.54, 1.807) is 12.1 Å². The molecule has 3 aromatic rings. The molecule has 8 heteroatoms. The fraction of sp³-hybridized carbons (Fsp3) is 0.167. The Bertz CT molecular complexity index is 1120. The molecule has 4 rings (SSSR count). The summed E-state index contributed by atoms with van der Waals surface area (Å²) in [5.41, 5.74) is 2.20. The minimum atomic E-state index is -2.94. The predicted molar refractivity (Wildman–Crippen MR) is 112 cm³/mol. The molecule has 2 amide bonds. The zero-order valence-electron chi connectivity index (χ0n) is 16.7. The van der Waals surface area contributed by atoms with Crippen LogP contribution in [-0.4, -0.2) is 18.4 Å². The molecule has 5 nitrogen and oxygen atoms in total. The molecule has 0 bridgehead atoms. The van der Waals surface area contributed by atoms with E-state index in [-0.39, 0.29) is 23.8 Å². The third-order valence-corrected chi connectivity index (χ3v) is 5.23. The first kappa shape index (κ1) is 21.4.